The van der Waals surface area contributed by atoms with Crippen LogP contribution in [0.15, 0.2) is 9.21 Å². The van der Waals surface area contributed by atoms with E-state index >= 15 is 0 Å². The van der Waals surface area contributed by atoms with Crippen LogP contribution in [-0.2, 0) is 11.2 Å². The first-order valence-electron chi connectivity index (χ1n) is 6.52. The van der Waals surface area contributed by atoms with Crippen molar-refractivity contribution in [2.75, 3.05) is 0 Å². The first-order valence-corrected chi connectivity index (χ1v) is 6.52. The molecule has 0 spiro atoms. The summed E-state index contributed by atoms with van der Waals surface area (Å²) in [5, 5.41) is 10.3. The summed E-state index contributed by atoms with van der Waals surface area (Å²) >= 11 is 0. The van der Waals surface area contributed by atoms with Crippen molar-refractivity contribution in [3.63, 3.8) is 0 Å². The van der Waals surface area contributed by atoms with Gasteiger partial charge in [0.1, 0.15) is 11.9 Å². The SMILES string of the molecule is Cc1nc(C)c(CC(=O)N[C@@H](C)c2nnc(C)o2)c(=O)[nH]1. The molecule has 1 amide bonds. The van der Waals surface area contributed by atoms with Crippen LogP contribution in [0.25, 0.3) is 0 Å². The summed E-state index contributed by atoms with van der Waals surface area (Å²) in [4.78, 5) is 30.6. The lowest BCUT2D eigenvalue weighted by Crippen LogP contribution is -2.31. The Hall–Kier alpha value is -2.51. The number of hydrogen-bond acceptors (Lipinski definition) is 6. The van der Waals surface area contributed by atoms with Gasteiger partial charge in [-0.05, 0) is 20.8 Å². The Bertz CT molecular complexity index is 719. The average molecular weight is 291 g/mol. The Morgan fingerprint density at radius 2 is 2.05 bits per heavy atom. The lowest BCUT2D eigenvalue weighted by atomic mass is 10.1. The minimum absolute atomic E-state index is 0.0497. The second-order valence-electron chi connectivity index (χ2n) is 4.84. The molecule has 21 heavy (non-hydrogen) atoms. The lowest BCUT2D eigenvalue weighted by Gasteiger charge is -2.10. The van der Waals surface area contributed by atoms with E-state index in [-0.39, 0.29) is 17.9 Å². The molecule has 0 saturated heterocycles. The number of nitrogens with one attached hydrogen (secondary N) is 2. The maximum Gasteiger partial charge on any atom is 0.254 e. The third-order valence-corrected chi connectivity index (χ3v) is 2.97. The van der Waals surface area contributed by atoms with Crippen LogP contribution in [0.5, 0.6) is 0 Å². The van der Waals surface area contributed by atoms with E-state index in [0.717, 1.165) is 0 Å². The van der Waals surface area contributed by atoms with Crippen molar-refractivity contribution in [2.45, 2.75) is 40.2 Å². The molecular weight excluding hydrogens is 274 g/mol. The molecule has 0 aliphatic heterocycles. The maximum absolute atomic E-state index is 12.0. The number of nitrogens with zero attached hydrogens (tertiary/aromatic N) is 3. The van der Waals surface area contributed by atoms with Crippen LogP contribution < -0.4 is 10.9 Å². The van der Waals surface area contributed by atoms with E-state index in [1.165, 1.54) is 0 Å². The van der Waals surface area contributed by atoms with E-state index in [4.69, 9.17) is 4.42 Å². The lowest BCUT2D eigenvalue weighted by molar-refractivity contribution is -0.121. The molecule has 0 unspecified atom stereocenters. The van der Waals surface area contributed by atoms with Crippen LogP contribution in [0.4, 0.5) is 0 Å². The summed E-state index contributed by atoms with van der Waals surface area (Å²) in [5.41, 5.74) is 0.608. The average Bonchev–Trinajstić information content (AvgIpc) is 2.80. The fourth-order valence-electron chi connectivity index (χ4n) is 1.96. The highest BCUT2D eigenvalue weighted by molar-refractivity contribution is 5.79. The molecule has 8 heteroatoms. The standard InChI is InChI=1S/C13H17N5O3/c1-6-10(12(20)16-8(3)14-6)5-11(19)15-7(2)13-18-17-9(4)21-13/h7H,5H2,1-4H3,(H,15,19)(H,14,16,20)/t7-/m0/s1. The zero-order valence-electron chi connectivity index (χ0n) is 12.4. The number of aromatic nitrogens is 4. The van der Waals surface area contributed by atoms with Gasteiger partial charge in [-0.15, -0.1) is 10.2 Å². The highest BCUT2D eigenvalue weighted by atomic mass is 16.4. The van der Waals surface area contributed by atoms with Crippen molar-refractivity contribution in [1.29, 1.82) is 0 Å². The topological polar surface area (TPSA) is 114 Å². The number of carbonyl (C=O) groups excluding carboxylic acids is 1. The third kappa shape index (κ3) is 3.53. The Morgan fingerprint density at radius 3 is 2.62 bits per heavy atom. The zero-order chi connectivity index (χ0) is 15.6. The fourth-order valence-corrected chi connectivity index (χ4v) is 1.96. The summed E-state index contributed by atoms with van der Waals surface area (Å²) < 4.78 is 5.24. The van der Waals surface area contributed by atoms with E-state index in [0.29, 0.717) is 28.9 Å². The molecule has 2 heterocycles. The minimum Gasteiger partial charge on any atom is -0.423 e. The summed E-state index contributed by atoms with van der Waals surface area (Å²) in [6, 6.07) is -0.420. The first kappa shape index (κ1) is 14.9. The summed E-state index contributed by atoms with van der Waals surface area (Å²) in [6.45, 7) is 6.80. The molecule has 0 aliphatic carbocycles. The van der Waals surface area contributed by atoms with Gasteiger partial charge in [0, 0.05) is 18.2 Å². The minimum atomic E-state index is -0.420. The van der Waals surface area contributed by atoms with E-state index in [9.17, 15) is 9.59 Å². The van der Waals surface area contributed by atoms with Gasteiger partial charge in [-0.3, -0.25) is 9.59 Å². The van der Waals surface area contributed by atoms with Gasteiger partial charge in [0.2, 0.25) is 17.7 Å². The molecular formula is C13H17N5O3. The van der Waals surface area contributed by atoms with Crippen molar-refractivity contribution in [3.05, 3.63) is 39.2 Å². The number of carbonyl (C=O) groups is 1. The first-order chi connectivity index (χ1) is 9.86. The number of H-pyrrole nitrogens is 1. The van der Waals surface area contributed by atoms with Gasteiger partial charge in [0.05, 0.1) is 6.42 Å². The largest absolute Gasteiger partial charge is 0.423 e. The Morgan fingerprint density at radius 1 is 1.33 bits per heavy atom. The molecule has 0 bridgehead atoms. The van der Waals surface area contributed by atoms with Crippen LogP contribution >= 0.6 is 0 Å². The van der Waals surface area contributed by atoms with Crippen molar-refractivity contribution in [3.8, 4) is 0 Å². The Labute approximate surface area is 121 Å². The number of aryl methyl sites for hydroxylation is 3. The summed E-state index contributed by atoms with van der Waals surface area (Å²) in [6.07, 6.45) is -0.0497. The number of rotatable bonds is 4. The van der Waals surface area contributed by atoms with Crippen molar-refractivity contribution < 1.29 is 9.21 Å². The second-order valence-corrected chi connectivity index (χ2v) is 4.84. The Balaban J connectivity index is 2.07. The number of amides is 1. The van der Waals surface area contributed by atoms with Gasteiger partial charge in [0.15, 0.2) is 0 Å². The van der Waals surface area contributed by atoms with Gasteiger partial charge < -0.3 is 14.7 Å². The van der Waals surface area contributed by atoms with Crippen molar-refractivity contribution in [2.24, 2.45) is 0 Å². The molecule has 2 rings (SSSR count). The fraction of sp³-hybridized carbons (Fsp3) is 0.462. The molecule has 2 aromatic rings. The summed E-state index contributed by atoms with van der Waals surface area (Å²) in [7, 11) is 0. The molecule has 2 N–H and O–H groups in total. The monoisotopic (exact) mass is 291 g/mol. The molecule has 8 nitrogen and oxygen atoms in total. The molecule has 1 atom stereocenters. The van der Waals surface area contributed by atoms with Gasteiger partial charge in [0.25, 0.3) is 5.56 Å². The Kier molecular flexibility index (Phi) is 4.15. The third-order valence-electron chi connectivity index (χ3n) is 2.97. The van der Waals surface area contributed by atoms with Crippen LogP contribution in [0.3, 0.4) is 0 Å². The number of hydrogen-bond donors (Lipinski definition) is 2. The highest BCUT2D eigenvalue weighted by Gasteiger charge is 2.17. The zero-order valence-corrected chi connectivity index (χ0v) is 12.4. The molecule has 0 aliphatic rings. The van der Waals surface area contributed by atoms with Crippen molar-refractivity contribution in [1.82, 2.24) is 25.5 Å². The van der Waals surface area contributed by atoms with Crippen LogP contribution in [0, 0.1) is 20.8 Å². The molecule has 2 aromatic heterocycles. The predicted molar refractivity (Wildman–Crippen MR) is 73.6 cm³/mol. The predicted octanol–water partition coefficient (Wildman–Crippen LogP) is 0.498. The second kappa shape index (κ2) is 5.86. The highest BCUT2D eigenvalue weighted by Crippen LogP contribution is 2.10. The van der Waals surface area contributed by atoms with Gasteiger partial charge in [-0.25, -0.2) is 4.98 Å². The smallest absolute Gasteiger partial charge is 0.254 e. The van der Waals surface area contributed by atoms with E-state index < -0.39 is 6.04 Å². The molecule has 0 radical (unpaired) electrons. The molecule has 0 aromatic carbocycles. The van der Waals surface area contributed by atoms with E-state index in [1.54, 1.807) is 27.7 Å². The maximum atomic E-state index is 12.0. The van der Waals surface area contributed by atoms with Crippen LogP contribution in [0.2, 0.25) is 0 Å². The molecule has 0 fully saturated rings. The molecule has 112 valence electrons. The van der Waals surface area contributed by atoms with Crippen LogP contribution in [-0.4, -0.2) is 26.1 Å². The molecule has 0 saturated carbocycles. The quantitative estimate of drug-likeness (QED) is 0.847. The van der Waals surface area contributed by atoms with E-state index in [1.807, 2.05) is 0 Å². The van der Waals surface area contributed by atoms with Crippen LogP contribution in [0.1, 0.15) is 41.8 Å². The van der Waals surface area contributed by atoms with Gasteiger partial charge >= 0.3 is 0 Å². The van der Waals surface area contributed by atoms with E-state index in [2.05, 4.69) is 25.5 Å². The van der Waals surface area contributed by atoms with Crippen molar-refractivity contribution >= 4 is 5.91 Å². The van der Waals surface area contributed by atoms with Gasteiger partial charge in [-0.1, -0.05) is 0 Å². The summed E-state index contributed by atoms with van der Waals surface area (Å²) in [5.74, 6) is 0.976. The number of aromatic amines is 1. The van der Waals surface area contributed by atoms with Gasteiger partial charge in [-0.2, -0.15) is 0 Å². The normalized spacial score (nSPS) is 12.2.